The maximum Gasteiger partial charge on any atom is 0.419 e. The van der Waals surface area contributed by atoms with Gasteiger partial charge in [-0.2, -0.15) is 0 Å². The lowest BCUT2D eigenvalue weighted by molar-refractivity contribution is 0.528. The minimum absolute atomic E-state index is 0.326. The highest BCUT2D eigenvalue weighted by molar-refractivity contribution is 5.77. The molecule has 2 rings (SSSR count). The van der Waals surface area contributed by atoms with Crippen molar-refractivity contribution in [2.45, 2.75) is 12.8 Å². The second-order valence-corrected chi connectivity index (χ2v) is 4.50. The molecule has 0 unspecified atom stereocenters. The Kier molecular flexibility index (Phi) is 3.72. The first-order valence-electron chi connectivity index (χ1n) is 6.14. The molecular formula is C13H19N3O2. The van der Waals surface area contributed by atoms with Crippen molar-refractivity contribution in [3.63, 3.8) is 0 Å². The maximum atomic E-state index is 11.4. The molecule has 0 amide bonds. The summed E-state index contributed by atoms with van der Waals surface area (Å²) in [6.45, 7) is 1.68. The van der Waals surface area contributed by atoms with Gasteiger partial charge in [-0.3, -0.25) is 4.57 Å². The first-order valence-corrected chi connectivity index (χ1v) is 6.14. The first kappa shape index (κ1) is 12.7. The zero-order valence-corrected chi connectivity index (χ0v) is 10.8. The number of rotatable bonds is 5. The summed E-state index contributed by atoms with van der Waals surface area (Å²) < 4.78 is 6.62. The SMILES string of the molecule is CN(CCCCN)c1ccc2oc(=O)n(C)c2c1. The summed E-state index contributed by atoms with van der Waals surface area (Å²) in [5, 5.41) is 0. The highest BCUT2D eigenvalue weighted by Gasteiger charge is 2.08. The fourth-order valence-electron chi connectivity index (χ4n) is 1.97. The monoisotopic (exact) mass is 249 g/mol. The molecule has 2 N–H and O–H groups in total. The molecule has 0 saturated carbocycles. The standard InChI is InChI=1S/C13H19N3O2/c1-15(8-4-3-7-14)10-5-6-12-11(9-10)16(2)13(17)18-12/h5-6,9H,3-4,7-8,14H2,1-2H3. The van der Waals surface area contributed by atoms with E-state index in [4.69, 9.17) is 10.2 Å². The van der Waals surface area contributed by atoms with Crippen LogP contribution in [0.25, 0.3) is 11.1 Å². The lowest BCUT2D eigenvalue weighted by atomic mass is 10.2. The van der Waals surface area contributed by atoms with Gasteiger partial charge in [0.2, 0.25) is 0 Å². The van der Waals surface area contributed by atoms with E-state index in [1.54, 1.807) is 7.05 Å². The van der Waals surface area contributed by atoms with E-state index in [0.29, 0.717) is 5.58 Å². The molecular weight excluding hydrogens is 230 g/mol. The predicted molar refractivity (Wildman–Crippen MR) is 73.0 cm³/mol. The molecule has 0 spiro atoms. The van der Waals surface area contributed by atoms with E-state index < -0.39 is 0 Å². The molecule has 98 valence electrons. The van der Waals surface area contributed by atoms with Crippen LogP contribution < -0.4 is 16.4 Å². The number of hydrogen-bond donors (Lipinski definition) is 1. The lowest BCUT2D eigenvalue weighted by Gasteiger charge is -2.19. The molecule has 18 heavy (non-hydrogen) atoms. The van der Waals surface area contributed by atoms with E-state index in [-0.39, 0.29) is 5.76 Å². The largest absolute Gasteiger partial charge is 0.419 e. The molecule has 0 radical (unpaired) electrons. The summed E-state index contributed by atoms with van der Waals surface area (Å²) in [5.74, 6) is -0.326. The second kappa shape index (κ2) is 5.27. The van der Waals surface area contributed by atoms with E-state index in [0.717, 1.165) is 37.1 Å². The minimum Gasteiger partial charge on any atom is -0.408 e. The summed E-state index contributed by atoms with van der Waals surface area (Å²) in [6, 6.07) is 5.78. The van der Waals surface area contributed by atoms with Gasteiger partial charge in [-0.1, -0.05) is 0 Å². The fourth-order valence-corrected chi connectivity index (χ4v) is 1.97. The van der Waals surface area contributed by atoms with E-state index in [1.807, 2.05) is 25.2 Å². The third-order valence-electron chi connectivity index (χ3n) is 3.16. The van der Waals surface area contributed by atoms with Gasteiger partial charge in [0.25, 0.3) is 0 Å². The minimum atomic E-state index is -0.326. The number of nitrogens with two attached hydrogens (primary N) is 1. The Hall–Kier alpha value is -1.75. The average molecular weight is 249 g/mol. The molecule has 0 bridgehead atoms. The summed E-state index contributed by atoms with van der Waals surface area (Å²) in [4.78, 5) is 13.6. The Morgan fingerprint density at radius 2 is 2.17 bits per heavy atom. The van der Waals surface area contributed by atoms with Crippen molar-refractivity contribution >= 4 is 16.8 Å². The van der Waals surface area contributed by atoms with Gasteiger partial charge >= 0.3 is 5.76 Å². The molecule has 0 aliphatic carbocycles. The Morgan fingerprint density at radius 3 is 2.89 bits per heavy atom. The topological polar surface area (TPSA) is 64.4 Å². The number of fused-ring (bicyclic) bond motifs is 1. The normalized spacial score (nSPS) is 11.1. The Bertz CT molecular complexity index is 585. The number of aryl methyl sites for hydroxylation is 1. The highest BCUT2D eigenvalue weighted by atomic mass is 16.4. The van der Waals surface area contributed by atoms with Crippen LogP contribution in [-0.2, 0) is 7.05 Å². The molecule has 1 aromatic carbocycles. The first-order chi connectivity index (χ1) is 8.63. The van der Waals surface area contributed by atoms with Crippen LogP contribution in [0.15, 0.2) is 27.4 Å². The second-order valence-electron chi connectivity index (χ2n) is 4.50. The van der Waals surface area contributed by atoms with Crippen LogP contribution in [0.5, 0.6) is 0 Å². The van der Waals surface area contributed by atoms with Crippen LogP contribution in [-0.4, -0.2) is 24.7 Å². The number of oxazole rings is 1. The van der Waals surface area contributed by atoms with Crippen molar-refractivity contribution in [2.75, 3.05) is 25.0 Å². The number of nitrogens with zero attached hydrogens (tertiary/aromatic N) is 2. The van der Waals surface area contributed by atoms with E-state index >= 15 is 0 Å². The lowest BCUT2D eigenvalue weighted by Crippen LogP contribution is -2.19. The molecule has 0 fully saturated rings. The zero-order chi connectivity index (χ0) is 13.1. The van der Waals surface area contributed by atoms with Gasteiger partial charge in [0.15, 0.2) is 5.58 Å². The van der Waals surface area contributed by atoms with Gasteiger partial charge < -0.3 is 15.1 Å². The number of anilines is 1. The van der Waals surface area contributed by atoms with Crippen molar-refractivity contribution in [1.29, 1.82) is 0 Å². The van der Waals surface area contributed by atoms with Gasteiger partial charge in [0, 0.05) is 26.3 Å². The molecule has 2 aromatic rings. The van der Waals surface area contributed by atoms with Gasteiger partial charge in [-0.25, -0.2) is 4.79 Å². The van der Waals surface area contributed by atoms with Crippen molar-refractivity contribution in [1.82, 2.24) is 4.57 Å². The summed E-state index contributed by atoms with van der Waals surface area (Å²) in [5.41, 5.74) is 8.01. The van der Waals surface area contributed by atoms with Crippen LogP contribution in [0.4, 0.5) is 5.69 Å². The predicted octanol–water partition coefficient (Wildman–Crippen LogP) is 1.31. The van der Waals surface area contributed by atoms with E-state index in [9.17, 15) is 4.79 Å². The van der Waals surface area contributed by atoms with Crippen molar-refractivity contribution in [3.05, 3.63) is 28.7 Å². The third-order valence-corrected chi connectivity index (χ3v) is 3.16. The Morgan fingerprint density at radius 1 is 1.39 bits per heavy atom. The molecule has 5 heteroatoms. The molecule has 0 aliphatic rings. The van der Waals surface area contributed by atoms with Gasteiger partial charge in [-0.05, 0) is 37.6 Å². The third kappa shape index (κ3) is 2.41. The quantitative estimate of drug-likeness (QED) is 0.811. The Balaban J connectivity index is 2.23. The summed E-state index contributed by atoms with van der Waals surface area (Å²) in [6.07, 6.45) is 2.09. The molecule has 0 saturated heterocycles. The Labute approximate surface area is 106 Å². The van der Waals surface area contributed by atoms with E-state index in [1.165, 1.54) is 4.57 Å². The van der Waals surface area contributed by atoms with Crippen molar-refractivity contribution in [3.8, 4) is 0 Å². The van der Waals surface area contributed by atoms with E-state index in [2.05, 4.69) is 4.90 Å². The molecule has 5 nitrogen and oxygen atoms in total. The van der Waals surface area contributed by atoms with Crippen LogP contribution in [0.3, 0.4) is 0 Å². The van der Waals surface area contributed by atoms with Crippen LogP contribution in [0.2, 0.25) is 0 Å². The molecule has 1 aromatic heterocycles. The highest BCUT2D eigenvalue weighted by Crippen LogP contribution is 2.20. The number of aromatic nitrogens is 1. The zero-order valence-electron chi connectivity index (χ0n) is 10.8. The maximum absolute atomic E-state index is 11.4. The average Bonchev–Trinajstić information content (AvgIpc) is 2.65. The van der Waals surface area contributed by atoms with Crippen LogP contribution in [0.1, 0.15) is 12.8 Å². The molecule has 0 atom stereocenters. The van der Waals surface area contributed by atoms with Crippen molar-refractivity contribution < 1.29 is 4.42 Å². The summed E-state index contributed by atoms with van der Waals surface area (Å²) in [7, 11) is 3.75. The van der Waals surface area contributed by atoms with Crippen LogP contribution in [0, 0.1) is 0 Å². The number of unbranched alkanes of at least 4 members (excludes halogenated alkanes) is 1. The fraction of sp³-hybridized carbons (Fsp3) is 0.462. The smallest absolute Gasteiger partial charge is 0.408 e. The summed E-state index contributed by atoms with van der Waals surface area (Å²) >= 11 is 0. The van der Waals surface area contributed by atoms with Crippen LogP contribution >= 0.6 is 0 Å². The van der Waals surface area contributed by atoms with Gasteiger partial charge in [0.05, 0.1) is 5.52 Å². The van der Waals surface area contributed by atoms with Gasteiger partial charge in [0.1, 0.15) is 0 Å². The van der Waals surface area contributed by atoms with Gasteiger partial charge in [-0.15, -0.1) is 0 Å². The molecule has 1 heterocycles. The number of benzene rings is 1. The number of hydrogen-bond acceptors (Lipinski definition) is 4. The molecule has 0 aliphatic heterocycles. The van der Waals surface area contributed by atoms with Crippen molar-refractivity contribution in [2.24, 2.45) is 12.8 Å².